The number of anilines is 3. The number of rotatable bonds is 20. The molecule has 1 aromatic heterocycles. The maximum Gasteiger partial charge on any atom is 0.521 e. The van der Waals surface area contributed by atoms with Crippen LogP contribution in [-0.4, -0.2) is 69.4 Å². The van der Waals surface area contributed by atoms with Crippen molar-refractivity contribution < 1.29 is 13.3 Å². The molecule has 0 radical (unpaired) electrons. The van der Waals surface area contributed by atoms with Crippen molar-refractivity contribution in [1.29, 1.82) is 0 Å². The molecule has 0 saturated heterocycles. The minimum atomic E-state index is -2.85. The summed E-state index contributed by atoms with van der Waals surface area (Å²) >= 11 is 0. The van der Waals surface area contributed by atoms with Crippen LogP contribution in [0.4, 0.5) is 17.8 Å². The normalized spacial score (nSPS) is 10.3. The van der Waals surface area contributed by atoms with Crippen molar-refractivity contribution >= 4 is 26.6 Å². The number of hydrogen-bond donors (Lipinski definition) is 2. The summed E-state index contributed by atoms with van der Waals surface area (Å²) in [6, 6.07) is 0. The van der Waals surface area contributed by atoms with Gasteiger partial charge in [0.05, 0.1) is 6.17 Å². The highest BCUT2D eigenvalue weighted by Crippen LogP contribution is 2.17. The Hall–Kier alpha value is -1.49. The molecule has 218 valence electrons. The number of nitrogens with one attached hydrogen (secondary N) is 2. The van der Waals surface area contributed by atoms with E-state index in [0.29, 0.717) is 43.8 Å². The molecule has 1 rings (SSSR count). The topological polar surface area (TPSA) is 93.7 Å². The molecule has 0 amide bonds. The predicted octanol–water partition coefficient (Wildman–Crippen LogP) is 7.03. The Labute approximate surface area is 225 Å². The highest BCUT2D eigenvalue weighted by Gasteiger charge is 2.40. The largest absolute Gasteiger partial charge is 0.521 e. The van der Waals surface area contributed by atoms with Crippen molar-refractivity contribution in [3.8, 4) is 0 Å². The molecule has 10 heteroatoms. The van der Waals surface area contributed by atoms with E-state index in [0.717, 1.165) is 26.1 Å². The fraction of sp³-hybridized carbons (Fsp3) is 0.885. The van der Waals surface area contributed by atoms with Crippen molar-refractivity contribution in [1.82, 2.24) is 15.0 Å². The Bertz CT molecular complexity index is 596. The van der Waals surface area contributed by atoms with Crippen LogP contribution in [0.2, 0.25) is 0 Å². The second-order valence-corrected chi connectivity index (χ2v) is 10.1. The lowest BCUT2D eigenvalue weighted by atomic mass is 10.1. The molecule has 0 bridgehead atoms. The second kappa shape index (κ2) is 25.2. The number of hydrogen-bond acceptors (Lipinski definition) is 9. The van der Waals surface area contributed by atoms with Gasteiger partial charge in [0.25, 0.3) is 0 Å². The van der Waals surface area contributed by atoms with E-state index >= 15 is 0 Å². The van der Waals surface area contributed by atoms with Crippen LogP contribution in [0.3, 0.4) is 0 Å². The molecular weight excluding hydrogens is 472 g/mol. The summed E-state index contributed by atoms with van der Waals surface area (Å²) in [7, 11) is -2.85. The van der Waals surface area contributed by atoms with E-state index < -0.39 is 8.80 Å². The van der Waals surface area contributed by atoms with Gasteiger partial charge in [-0.05, 0) is 41.0 Å². The van der Waals surface area contributed by atoms with Crippen LogP contribution in [0.15, 0.2) is 0 Å². The first-order valence-electron chi connectivity index (χ1n) is 12.5. The zero-order chi connectivity index (χ0) is 23.7. The minimum Gasteiger partial charge on any atom is -0.373 e. The van der Waals surface area contributed by atoms with Crippen molar-refractivity contribution in [2.75, 3.05) is 61.2 Å². The van der Waals surface area contributed by atoms with Crippen LogP contribution in [-0.2, 0) is 13.3 Å². The van der Waals surface area contributed by atoms with E-state index in [1.807, 2.05) is 27.7 Å². The van der Waals surface area contributed by atoms with E-state index in [1.165, 1.54) is 32.1 Å². The first-order valence-corrected chi connectivity index (χ1v) is 14.4. The summed E-state index contributed by atoms with van der Waals surface area (Å²) in [4.78, 5) is 16.1. The number of unbranched alkanes of at least 4 members (excludes halogenated alkanes) is 5. The molecule has 2 N–H and O–H groups in total. The maximum atomic E-state index is 5.94. The van der Waals surface area contributed by atoms with E-state index in [9.17, 15) is 0 Å². The molecule has 0 aliphatic heterocycles. The molecule has 0 aromatic carbocycles. The Morgan fingerprint density at radius 1 is 0.667 bits per heavy atom. The highest BCUT2D eigenvalue weighted by molar-refractivity contribution is 6.61. The number of aromatic nitrogens is 3. The van der Waals surface area contributed by atoms with E-state index in [4.69, 9.17) is 18.3 Å². The minimum absolute atomic E-state index is 0. The zero-order valence-electron chi connectivity index (χ0n) is 21.2. The average molecular weight is 535 g/mol. The zero-order valence-corrected chi connectivity index (χ0v) is 22.2. The molecule has 0 fully saturated rings. The van der Waals surface area contributed by atoms with Gasteiger partial charge >= 0.3 is 8.80 Å². The van der Waals surface area contributed by atoms with Gasteiger partial charge in [0.2, 0.25) is 17.8 Å². The van der Waals surface area contributed by atoms with E-state index in [-0.39, 0.29) is 29.7 Å². The molecule has 0 atom stereocenters. The standard InChI is InChI=1S/C22H46N6O3Si.4CH4/c1-7-13-14-15-16-17-18-28(9-3)22-26-20(23-8-2)25-21(27-22)24-19-32(29-10-4,30-11-5)31-12-6;;;;/h7-19H2,1-6H3,(H2,23,24,25,26,27);4*1H4. The SMILES string of the molecule is C.C.C.C.CCCCCCCCN(CC)c1nc(NCC)nc(NC[Si](OCC)(OCC)OCC)n1. The first kappa shape index (κ1) is 41.6. The van der Waals surface area contributed by atoms with Gasteiger partial charge in [-0.1, -0.05) is 68.7 Å². The monoisotopic (exact) mass is 534 g/mol. The molecule has 0 saturated carbocycles. The molecule has 36 heavy (non-hydrogen) atoms. The molecule has 0 aliphatic carbocycles. The summed E-state index contributed by atoms with van der Waals surface area (Å²) in [6.07, 6.45) is 7.98. The van der Waals surface area contributed by atoms with Crippen molar-refractivity contribution in [3.05, 3.63) is 0 Å². The van der Waals surface area contributed by atoms with Crippen LogP contribution >= 0.6 is 0 Å². The van der Waals surface area contributed by atoms with Gasteiger partial charge in [0, 0.05) is 39.5 Å². The lowest BCUT2D eigenvalue weighted by Crippen LogP contribution is -2.52. The summed E-state index contributed by atoms with van der Waals surface area (Å²) in [5.41, 5.74) is 0. The maximum absolute atomic E-state index is 5.94. The third-order valence-corrected chi connectivity index (χ3v) is 7.76. The van der Waals surface area contributed by atoms with Gasteiger partial charge in [0.15, 0.2) is 0 Å². The summed E-state index contributed by atoms with van der Waals surface area (Å²) in [5.74, 6) is 1.76. The molecule has 1 heterocycles. The summed E-state index contributed by atoms with van der Waals surface area (Å²) < 4.78 is 17.8. The molecule has 1 aromatic rings. The predicted molar refractivity (Wildman–Crippen MR) is 161 cm³/mol. The lowest BCUT2D eigenvalue weighted by molar-refractivity contribution is 0.0740. The van der Waals surface area contributed by atoms with Gasteiger partial charge < -0.3 is 28.8 Å². The second-order valence-electron chi connectivity index (χ2n) is 7.50. The fourth-order valence-electron chi connectivity index (χ4n) is 3.43. The van der Waals surface area contributed by atoms with Crippen molar-refractivity contribution in [3.63, 3.8) is 0 Å². The van der Waals surface area contributed by atoms with Gasteiger partial charge in [-0.15, -0.1) is 0 Å². The van der Waals surface area contributed by atoms with Crippen LogP contribution in [0.5, 0.6) is 0 Å². The third kappa shape index (κ3) is 15.6. The van der Waals surface area contributed by atoms with Crippen LogP contribution in [0.25, 0.3) is 0 Å². The summed E-state index contributed by atoms with van der Waals surface area (Å²) in [6.45, 7) is 16.4. The van der Waals surface area contributed by atoms with Crippen LogP contribution < -0.4 is 15.5 Å². The summed E-state index contributed by atoms with van der Waals surface area (Å²) in [5, 5.41) is 6.53. The number of nitrogens with zero attached hydrogens (tertiary/aromatic N) is 4. The molecular formula is C26H62N6O3Si. The van der Waals surface area contributed by atoms with Gasteiger partial charge in [-0.3, -0.25) is 0 Å². The first-order chi connectivity index (χ1) is 15.6. The molecule has 0 aliphatic rings. The molecule has 0 spiro atoms. The van der Waals surface area contributed by atoms with E-state index in [2.05, 4.69) is 39.3 Å². The Balaban J connectivity index is -0.00000128. The van der Waals surface area contributed by atoms with Crippen molar-refractivity contribution in [2.45, 2.75) is 110 Å². The average Bonchev–Trinajstić information content (AvgIpc) is 2.78. The van der Waals surface area contributed by atoms with Gasteiger partial charge in [-0.25, -0.2) is 0 Å². The van der Waals surface area contributed by atoms with Crippen molar-refractivity contribution in [2.24, 2.45) is 0 Å². The van der Waals surface area contributed by atoms with Gasteiger partial charge in [0.1, 0.15) is 0 Å². The Morgan fingerprint density at radius 2 is 1.17 bits per heavy atom. The smallest absolute Gasteiger partial charge is 0.373 e. The van der Waals surface area contributed by atoms with E-state index in [1.54, 1.807) is 0 Å². The quantitative estimate of drug-likeness (QED) is 0.135. The van der Waals surface area contributed by atoms with Crippen LogP contribution in [0.1, 0.15) is 110 Å². The lowest BCUT2D eigenvalue weighted by Gasteiger charge is -2.28. The van der Waals surface area contributed by atoms with Crippen LogP contribution in [0, 0.1) is 0 Å². The third-order valence-electron chi connectivity index (χ3n) is 4.96. The molecule has 9 nitrogen and oxygen atoms in total. The fourth-order valence-corrected chi connectivity index (χ4v) is 5.68. The highest BCUT2D eigenvalue weighted by atomic mass is 28.4. The van der Waals surface area contributed by atoms with Gasteiger partial charge in [-0.2, -0.15) is 15.0 Å². The Morgan fingerprint density at radius 3 is 1.64 bits per heavy atom. The molecule has 0 unspecified atom stereocenters. The Kier molecular flexibility index (Phi) is 29.1.